The van der Waals surface area contributed by atoms with E-state index in [4.69, 9.17) is 27.9 Å². The second-order valence-corrected chi connectivity index (χ2v) is 6.91. The Bertz CT molecular complexity index is 1240. The van der Waals surface area contributed by atoms with Crippen molar-refractivity contribution in [3.8, 4) is 17.6 Å². The lowest BCUT2D eigenvalue weighted by molar-refractivity contribution is 0.478. The summed E-state index contributed by atoms with van der Waals surface area (Å²) in [7, 11) is 0. The Balaban J connectivity index is 1.40. The van der Waals surface area contributed by atoms with E-state index in [0.717, 1.165) is 12.0 Å². The average molecular weight is 438 g/mol. The van der Waals surface area contributed by atoms with Crippen LogP contribution >= 0.6 is 23.2 Å². The standard InChI is InChI=1S/C20H13Cl2N7O/c21-15-8-24-9-16(14(15)7-23)30-13-3-1-12(2-4-13)5-6-25-19-18-20(28-11-27-19)26-10-17(22)29-18/h1-4,8-11H,5-6H2,(H,25,26,27,28). The van der Waals surface area contributed by atoms with Crippen molar-refractivity contribution in [1.82, 2.24) is 24.9 Å². The third-order valence-corrected chi connectivity index (χ3v) is 4.62. The van der Waals surface area contributed by atoms with Gasteiger partial charge in [0.1, 0.15) is 28.9 Å². The molecule has 0 bridgehead atoms. The molecule has 8 nitrogen and oxygen atoms in total. The van der Waals surface area contributed by atoms with Crippen molar-refractivity contribution >= 4 is 40.2 Å². The van der Waals surface area contributed by atoms with Crippen LogP contribution in [0.4, 0.5) is 5.82 Å². The van der Waals surface area contributed by atoms with Gasteiger partial charge in [-0.25, -0.2) is 19.9 Å². The van der Waals surface area contributed by atoms with Gasteiger partial charge in [-0.2, -0.15) is 5.26 Å². The predicted octanol–water partition coefficient (Wildman–Crippen LogP) is 4.44. The highest BCUT2D eigenvalue weighted by Gasteiger charge is 2.10. The summed E-state index contributed by atoms with van der Waals surface area (Å²) in [6, 6.07) is 9.55. The fourth-order valence-corrected chi connectivity index (χ4v) is 3.05. The highest BCUT2D eigenvalue weighted by atomic mass is 35.5. The van der Waals surface area contributed by atoms with E-state index in [1.807, 2.05) is 30.3 Å². The van der Waals surface area contributed by atoms with Crippen LogP contribution in [0.2, 0.25) is 10.2 Å². The van der Waals surface area contributed by atoms with Crippen molar-refractivity contribution in [2.75, 3.05) is 11.9 Å². The van der Waals surface area contributed by atoms with E-state index in [0.29, 0.717) is 35.0 Å². The molecule has 10 heteroatoms. The van der Waals surface area contributed by atoms with Gasteiger partial charge in [0.25, 0.3) is 0 Å². The molecule has 0 saturated carbocycles. The number of nitrogens with one attached hydrogen (secondary N) is 1. The molecule has 1 N–H and O–H groups in total. The molecule has 3 heterocycles. The van der Waals surface area contributed by atoms with Gasteiger partial charge < -0.3 is 10.1 Å². The van der Waals surface area contributed by atoms with Gasteiger partial charge in [-0.1, -0.05) is 35.3 Å². The maximum atomic E-state index is 9.22. The van der Waals surface area contributed by atoms with Crippen LogP contribution in [-0.2, 0) is 6.42 Å². The molecule has 0 fully saturated rings. The first-order valence-corrected chi connectivity index (χ1v) is 9.57. The molecular weight excluding hydrogens is 425 g/mol. The summed E-state index contributed by atoms with van der Waals surface area (Å²) in [5.41, 5.74) is 2.34. The summed E-state index contributed by atoms with van der Waals surface area (Å²) in [5.74, 6) is 1.47. The van der Waals surface area contributed by atoms with Crippen molar-refractivity contribution in [2.24, 2.45) is 0 Å². The third-order valence-electron chi connectivity index (χ3n) is 4.15. The van der Waals surface area contributed by atoms with Crippen LogP contribution in [0.25, 0.3) is 11.2 Å². The number of rotatable bonds is 6. The van der Waals surface area contributed by atoms with E-state index >= 15 is 0 Å². The lowest BCUT2D eigenvalue weighted by atomic mass is 10.1. The van der Waals surface area contributed by atoms with E-state index < -0.39 is 0 Å². The van der Waals surface area contributed by atoms with Crippen molar-refractivity contribution in [3.63, 3.8) is 0 Å². The summed E-state index contributed by atoms with van der Waals surface area (Å²) in [6.07, 6.45) is 6.48. The summed E-state index contributed by atoms with van der Waals surface area (Å²) >= 11 is 11.9. The predicted molar refractivity (Wildman–Crippen MR) is 113 cm³/mol. The summed E-state index contributed by atoms with van der Waals surface area (Å²) < 4.78 is 5.74. The number of pyridine rings is 1. The maximum Gasteiger partial charge on any atom is 0.183 e. The van der Waals surface area contributed by atoms with Crippen molar-refractivity contribution in [3.05, 3.63) is 70.5 Å². The smallest absolute Gasteiger partial charge is 0.183 e. The van der Waals surface area contributed by atoms with Gasteiger partial charge in [-0.15, -0.1) is 0 Å². The first-order chi connectivity index (χ1) is 14.6. The highest BCUT2D eigenvalue weighted by molar-refractivity contribution is 6.31. The van der Waals surface area contributed by atoms with Gasteiger partial charge in [0, 0.05) is 12.7 Å². The zero-order valence-corrected chi connectivity index (χ0v) is 16.9. The van der Waals surface area contributed by atoms with E-state index in [1.54, 1.807) is 0 Å². The first-order valence-electron chi connectivity index (χ1n) is 8.81. The number of hydrogen-bond donors (Lipinski definition) is 1. The van der Waals surface area contributed by atoms with Crippen LogP contribution in [0, 0.1) is 11.3 Å². The van der Waals surface area contributed by atoms with E-state index in [1.165, 1.54) is 24.9 Å². The van der Waals surface area contributed by atoms with Crippen molar-refractivity contribution in [1.29, 1.82) is 5.26 Å². The Morgan fingerprint density at radius 2 is 1.87 bits per heavy atom. The molecule has 0 atom stereocenters. The summed E-state index contributed by atoms with van der Waals surface area (Å²) in [5, 5.41) is 13.0. The number of halogens is 2. The molecule has 0 radical (unpaired) electrons. The fraction of sp³-hybridized carbons (Fsp3) is 0.100. The molecule has 0 aliphatic carbocycles. The first kappa shape index (κ1) is 19.8. The van der Waals surface area contributed by atoms with Gasteiger partial charge in [0.2, 0.25) is 0 Å². The van der Waals surface area contributed by atoms with Crippen LogP contribution in [0.5, 0.6) is 11.5 Å². The number of nitrogens with zero attached hydrogens (tertiary/aromatic N) is 6. The topological polar surface area (TPSA) is 110 Å². The molecule has 0 aliphatic rings. The minimum atomic E-state index is 0.250. The third kappa shape index (κ3) is 4.38. The number of benzene rings is 1. The molecule has 0 aliphatic heterocycles. The van der Waals surface area contributed by atoms with Gasteiger partial charge in [0.05, 0.1) is 17.4 Å². The van der Waals surface area contributed by atoms with Gasteiger partial charge in [-0.3, -0.25) is 4.98 Å². The molecule has 0 saturated heterocycles. The number of anilines is 1. The summed E-state index contributed by atoms with van der Waals surface area (Å²) in [4.78, 5) is 20.6. The fourth-order valence-electron chi connectivity index (χ4n) is 2.73. The Hall–Kier alpha value is -3.54. The van der Waals surface area contributed by atoms with Gasteiger partial charge >= 0.3 is 0 Å². The molecule has 0 amide bonds. The average Bonchev–Trinajstić information content (AvgIpc) is 2.75. The molecule has 4 aromatic rings. The molecule has 4 rings (SSSR count). The van der Waals surface area contributed by atoms with Crippen LogP contribution in [0.1, 0.15) is 11.1 Å². The van der Waals surface area contributed by atoms with Crippen LogP contribution < -0.4 is 10.1 Å². The number of ether oxygens (including phenoxy) is 1. The zero-order chi connectivity index (χ0) is 20.9. The SMILES string of the molecule is N#Cc1c(Cl)cncc1Oc1ccc(CCNc2ncnc3ncc(Cl)nc23)cc1. The second kappa shape index (κ2) is 8.86. The monoisotopic (exact) mass is 437 g/mol. The van der Waals surface area contributed by atoms with Crippen LogP contribution in [0.3, 0.4) is 0 Å². The van der Waals surface area contributed by atoms with E-state index in [9.17, 15) is 5.26 Å². The number of hydrogen-bond acceptors (Lipinski definition) is 8. The molecule has 0 spiro atoms. The number of fused-ring (bicyclic) bond motifs is 1. The zero-order valence-electron chi connectivity index (χ0n) is 15.4. The molecule has 30 heavy (non-hydrogen) atoms. The van der Waals surface area contributed by atoms with Crippen LogP contribution in [0.15, 0.2) is 49.2 Å². The maximum absolute atomic E-state index is 9.22. The lowest BCUT2D eigenvalue weighted by Crippen LogP contribution is -2.08. The Morgan fingerprint density at radius 1 is 1.03 bits per heavy atom. The molecule has 3 aromatic heterocycles. The van der Waals surface area contributed by atoms with E-state index in [2.05, 4.69) is 30.2 Å². The Morgan fingerprint density at radius 3 is 2.67 bits per heavy atom. The summed E-state index contributed by atoms with van der Waals surface area (Å²) in [6.45, 7) is 0.622. The Labute approximate surface area is 181 Å². The largest absolute Gasteiger partial charge is 0.454 e. The van der Waals surface area contributed by atoms with Gasteiger partial charge in [-0.05, 0) is 24.1 Å². The normalized spacial score (nSPS) is 10.6. The lowest BCUT2D eigenvalue weighted by Gasteiger charge is -2.09. The molecular formula is C20H13Cl2N7O. The molecule has 0 unspecified atom stereocenters. The quantitative estimate of drug-likeness (QED) is 0.471. The number of aromatic nitrogens is 5. The van der Waals surface area contributed by atoms with Crippen LogP contribution in [-0.4, -0.2) is 31.5 Å². The highest BCUT2D eigenvalue weighted by Crippen LogP contribution is 2.28. The Kier molecular flexibility index (Phi) is 5.84. The molecule has 1 aromatic carbocycles. The van der Waals surface area contributed by atoms with Gasteiger partial charge in [0.15, 0.2) is 22.7 Å². The van der Waals surface area contributed by atoms with E-state index in [-0.39, 0.29) is 15.7 Å². The van der Waals surface area contributed by atoms with Crippen molar-refractivity contribution in [2.45, 2.75) is 6.42 Å². The van der Waals surface area contributed by atoms with Crippen molar-refractivity contribution < 1.29 is 4.74 Å². The molecule has 148 valence electrons. The number of nitriles is 1. The minimum absolute atomic E-state index is 0.250. The minimum Gasteiger partial charge on any atom is -0.454 e. The second-order valence-electron chi connectivity index (χ2n) is 6.12.